The molecule has 2 aromatic heterocycles. The van der Waals surface area contributed by atoms with E-state index in [0.717, 1.165) is 4.68 Å². The quantitative estimate of drug-likeness (QED) is 0.749. The van der Waals surface area contributed by atoms with E-state index in [1.807, 2.05) is 0 Å². The molecule has 9 heteroatoms. The van der Waals surface area contributed by atoms with Crippen molar-refractivity contribution in [2.45, 2.75) is 19.3 Å². The second-order valence-electron chi connectivity index (χ2n) is 4.86. The highest BCUT2D eigenvalue weighted by Gasteiger charge is 2.28. The van der Waals surface area contributed by atoms with Gasteiger partial charge in [0.1, 0.15) is 18.2 Å². The average molecular weight is 325 g/mol. The number of hydrogen-bond acceptors (Lipinski definition) is 4. The number of fused-ring (bicyclic) bond motifs is 1. The van der Waals surface area contributed by atoms with E-state index in [-0.39, 0.29) is 6.54 Å². The van der Waals surface area contributed by atoms with Crippen molar-refractivity contribution in [3.05, 3.63) is 48.2 Å². The van der Waals surface area contributed by atoms with E-state index in [2.05, 4.69) is 20.4 Å². The molecule has 3 aromatic rings. The van der Waals surface area contributed by atoms with E-state index in [1.165, 1.54) is 36.7 Å². The van der Waals surface area contributed by atoms with Gasteiger partial charge in [-0.15, -0.1) is 0 Å². The maximum Gasteiger partial charge on any atom is 0.408 e. The lowest BCUT2D eigenvalue weighted by molar-refractivity contribution is -0.142. The molecule has 0 unspecified atom stereocenters. The molecule has 0 radical (unpaired) electrons. The molecule has 23 heavy (non-hydrogen) atoms. The lowest BCUT2D eigenvalue weighted by Crippen LogP contribution is -2.18. The van der Waals surface area contributed by atoms with Gasteiger partial charge in [-0.05, 0) is 18.2 Å². The van der Waals surface area contributed by atoms with Gasteiger partial charge in [0.2, 0.25) is 0 Å². The fourth-order valence-corrected chi connectivity index (χ4v) is 2.02. The highest BCUT2D eigenvalue weighted by molar-refractivity contribution is 5.75. The summed E-state index contributed by atoms with van der Waals surface area (Å²) in [5.41, 5.74) is 1.36. The summed E-state index contributed by atoms with van der Waals surface area (Å²) in [4.78, 5) is 8.31. The molecule has 0 saturated heterocycles. The van der Waals surface area contributed by atoms with Gasteiger partial charge >= 0.3 is 6.18 Å². The SMILES string of the molecule is Fc1ccc2ncc(NCc3ccn(CC(F)(F)F)n3)nc2c1. The molecule has 0 spiro atoms. The number of hydrogen-bond donors (Lipinski definition) is 1. The van der Waals surface area contributed by atoms with Gasteiger partial charge in [0, 0.05) is 12.3 Å². The van der Waals surface area contributed by atoms with Crippen LogP contribution in [-0.2, 0) is 13.1 Å². The number of aromatic nitrogens is 4. The fraction of sp³-hybridized carbons (Fsp3) is 0.214. The van der Waals surface area contributed by atoms with Crippen molar-refractivity contribution >= 4 is 16.9 Å². The van der Waals surface area contributed by atoms with Crippen LogP contribution in [0.1, 0.15) is 5.69 Å². The second-order valence-corrected chi connectivity index (χ2v) is 4.86. The number of nitrogens with zero attached hydrogens (tertiary/aromatic N) is 4. The normalized spacial score (nSPS) is 11.8. The Morgan fingerprint density at radius 3 is 2.74 bits per heavy atom. The third kappa shape index (κ3) is 3.93. The lowest BCUT2D eigenvalue weighted by atomic mass is 10.3. The number of rotatable bonds is 4. The van der Waals surface area contributed by atoms with Gasteiger partial charge in [-0.25, -0.2) is 9.37 Å². The molecule has 5 nitrogen and oxygen atoms in total. The molecule has 0 fully saturated rings. The van der Waals surface area contributed by atoms with Gasteiger partial charge in [-0.3, -0.25) is 9.67 Å². The van der Waals surface area contributed by atoms with Gasteiger partial charge in [0.15, 0.2) is 0 Å². The Labute approximate surface area is 128 Å². The zero-order valence-corrected chi connectivity index (χ0v) is 11.7. The van der Waals surface area contributed by atoms with Gasteiger partial charge < -0.3 is 5.32 Å². The summed E-state index contributed by atoms with van der Waals surface area (Å²) in [5.74, 6) is -0.0386. The Bertz CT molecular complexity index is 827. The summed E-state index contributed by atoms with van der Waals surface area (Å²) in [6, 6.07) is 5.54. The van der Waals surface area contributed by atoms with Crippen molar-refractivity contribution in [1.29, 1.82) is 0 Å². The van der Waals surface area contributed by atoms with E-state index < -0.39 is 18.5 Å². The Hall–Kier alpha value is -2.71. The summed E-state index contributed by atoms with van der Waals surface area (Å²) in [6.07, 6.45) is -1.59. The minimum absolute atomic E-state index is 0.181. The molecule has 0 bridgehead atoms. The lowest BCUT2D eigenvalue weighted by Gasteiger charge is -2.06. The van der Waals surface area contributed by atoms with E-state index in [9.17, 15) is 17.6 Å². The molecule has 120 valence electrons. The van der Waals surface area contributed by atoms with Gasteiger partial charge in [-0.2, -0.15) is 18.3 Å². The molecule has 0 aliphatic rings. The first-order valence-electron chi connectivity index (χ1n) is 6.64. The Balaban J connectivity index is 1.68. The molecular weight excluding hydrogens is 314 g/mol. The second kappa shape index (κ2) is 5.82. The fourth-order valence-electron chi connectivity index (χ4n) is 2.02. The zero-order chi connectivity index (χ0) is 16.4. The van der Waals surface area contributed by atoms with Crippen LogP contribution in [0.4, 0.5) is 23.4 Å². The van der Waals surface area contributed by atoms with Crippen LogP contribution >= 0.6 is 0 Å². The number of anilines is 1. The maximum absolute atomic E-state index is 13.2. The van der Waals surface area contributed by atoms with Crippen molar-refractivity contribution in [3.8, 4) is 0 Å². The van der Waals surface area contributed by atoms with Crippen LogP contribution < -0.4 is 5.32 Å². The van der Waals surface area contributed by atoms with Crippen LogP contribution in [0.5, 0.6) is 0 Å². The Kier molecular flexibility index (Phi) is 3.85. The summed E-state index contributed by atoms with van der Waals surface area (Å²) < 4.78 is 50.8. The van der Waals surface area contributed by atoms with Crippen LogP contribution in [0.3, 0.4) is 0 Å². The minimum atomic E-state index is -4.31. The predicted molar refractivity (Wildman–Crippen MR) is 75.1 cm³/mol. The smallest absolute Gasteiger partial charge is 0.363 e. The maximum atomic E-state index is 13.2. The van der Waals surface area contributed by atoms with Crippen molar-refractivity contribution < 1.29 is 17.6 Å². The topological polar surface area (TPSA) is 55.6 Å². The van der Waals surface area contributed by atoms with Crippen LogP contribution in [-0.4, -0.2) is 25.9 Å². The molecule has 1 aromatic carbocycles. The van der Waals surface area contributed by atoms with Crippen LogP contribution in [0.25, 0.3) is 11.0 Å². The molecule has 0 aliphatic carbocycles. The Morgan fingerprint density at radius 2 is 1.96 bits per heavy atom. The number of nitrogens with one attached hydrogen (secondary N) is 1. The van der Waals surface area contributed by atoms with Crippen LogP contribution in [0, 0.1) is 5.82 Å². The third-order valence-corrected chi connectivity index (χ3v) is 2.99. The summed E-state index contributed by atoms with van der Waals surface area (Å²) in [6.45, 7) is -0.956. The summed E-state index contributed by atoms with van der Waals surface area (Å²) in [7, 11) is 0. The number of benzene rings is 1. The average Bonchev–Trinajstić information content (AvgIpc) is 2.90. The molecule has 0 aliphatic heterocycles. The summed E-state index contributed by atoms with van der Waals surface area (Å²) in [5, 5.41) is 6.71. The van der Waals surface area contributed by atoms with E-state index >= 15 is 0 Å². The van der Waals surface area contributed by atoms with E-state index in [4.69, 9.17) is 0 Å². The molecular formula is C14H11F4N5. The number of alkyl halides is 3. The van der Waals surface area contributed by atoms with Crippen LogP contribution in [0.2, 0.25) is 0 Å². The van der Waals surface area contributed by atoms with Crippen molar-refractivity contribution in [1.82, 2.24) is 19.7 Å². The van der Waals surface area contributed by atoms with Crippen LogP contribution in [0.15, 0.2) is 36.7 Å². The van der Waals surface area contributed by atoms with Crippen molar-refractivity contribution in [3.63, 3.8) is 0 Å². The van der Waals surface area contributed by atoms with Gasteiger partial charge in [0.05, 0.1) is 29.5 Å². The highest BCUT2D eigenvalue weighted by atomic mass is 19.4. The highest BCUT2D eigenvalue weighted by Crippen LogP contribution is 2.17. The molecule has 3 rings (SSSR count). The monoisotopic (exact) mass is 325 g/mol. The minimum Gasteiger partial charge on any atom is -0.363 e. The largest absolute Gasteiger partial charge is 0.408 e. The van der Waals surface area contributed by atoms with Gasteiger partial charge in [0.25, 0.3) is 0 Å². The van der Waals surface area contributed by atoms with Crippen molar-refractivity contribution in [2.75, 3.05) is 5.32 Å². The number of halogens is 4. The molecule has 0 saturated carbocycles. The summed E-state index contributed by atoms with van der Waals surface area (Å²) >= 11 is 0. The first-order valence-corrected chi connectivity index (χ1v) is 6.64. The van der Waals surface area contributed by atoms with Gasteiger partial charge in [-0.1, -0.05) is 0 Å². The zero-order valence-electron chi connectivity index (χ0n) is 11.7. The molecule has 2 heterocycles. The third-order valence-electron chi connectivity index (χ3n) is 2.99. The Morgan fingerprint density at radius 1 is 1.13 bits per heavy atom. The first-order chi connectivity index (χ1) is 10.9. The van der Waals surface area contributed by atoms with E-state index in [1.54, 1.807) is 0 Å². The first kappa shape index (κ1) is 15.2. The standard InChI is InChI=1S/C14H11F4N5/c15-9-1-2-11-12(5-9)21-13(7-19-11)20-6-10-3-4-23(22-10)8-14(16,17)18/h1-5,7H,6,8H2,(H,20,21). The molecule has 0 atom stereocenters. The predicted octanol–water partition coefficient (Wildman–Crippen LogP) is 3.14. The molecule has 1 N–H and O–H groups in total. The molecule has 0 amide bonds. The van der Waals surface area contributed by atoms with E-state index in [0.29, 0.717) is 22.5 Å². The van der Waals surface area contributed by atoms with Crippen molar-refractivity contribution in [2.24, 2.45) is 0 Å².